The first-order chi connectivity index (χ1) is 13.1. The Kier molecular flexibility index (Phi) is 4.77. The Morgan fingerprint density at radius 3 is 2.37 bits per heavy atom. The van der Waals surface area contributed by atoms with Crippen LogP contribution in [0.15, 0.2) is 77.3 Å². The summed E-state index contributed by atoms with van der Waals surface area (Å²) in [5, 5.41) is 2.86. The van der Waals surface area contributed by atoms with Gasteiger partial charge in [0.1, 0.15) is 0 Å². The molecule has 1 heterocycles. The zero-order valence-corrected chi connectivity index (χ0v) is 16.1. The van der Waals surface area contributed by atoms with Crippen molar-refractivity contribution >= 4 is 39.1 Å². The van der Waals surface area contributed by atoms with E-state index < -0.39 is 0 Å². The molecule has 0 radical (unpaired) electrons. The van der Waals surface area contributed by atoms with E-state index >= 15 is 0 Å². The number of rotatable bonds is 3. The molecule has 1 aliphatic rings. The van der Waals surface area contributed by atoms with Crippen molar-refractivity contribution in [1.82, 2.24) is 0 Å². The van der Waals surface area contributed by atoms with Gasteiger partial charge in [0.25, 0.3) is 11.8 Å². The van der Waals surface area contributed by atoms with Crippen molar-refractivity contribution in [2.45, 2.75) is 6.42 Å². The molecule has 2 amide bonds. The second-order valence-electron chi connectivity index (χ2n) is 6.35. The first-order valence-corrected chi connectivity index (χ1v) is 9.48. The molecule has 3 aromatic carbocycles. The van der Waals surface area contributed by atoms with Crippen LogP contribution in [0.5, 0.6) is 0 Å². The van der Waals surface area contributed by atoms with E-state index in [9.17, 15) is 9.59 Å². The highest BCUT2D eigenvalue weighted by atomic mass is 79.9. The summed E-state index contributed by atoms with van der Waals surface area (Å²) in [6.45, 7) is 0.693. The number of fused-ring (bicyclic) bond motifs is 1. The van der Waals surface area contributed by atoms with Crippen LogP contribution in [0.1, 0.15) is 26.3 Å². The second kappa shape index (κ2) is 7.37. The lowest BCUT2D eigenvalue weighted by molar-refractivity contribution is 0.0988. The van der Waals surface area contributed by atoms with Crippen LogP contribution < -0.4 is 10.2 Å². The van der Waals surface area contributed by atoms with E-state index in [-0.39, 0.29) is 11.8 Å². The normalized spacial score (nSPS) is 12.6. The third-order valence-corrected chi connectivity index (χ3v) is 5.33. The summed E-state index contributed by atoms with van der Waals surface area (Å²) in [6, 6.07) is 22.2. The quantitative estimate of drug-likeness (QED) is 0.654. The van der Waals surface area contributed by atoms with Gasteiger partial charge in [0.05, 0.1) is 5.56 Å². The summed E-state index contributed by atoms with van der Waals surface area (Å²) in [7, 11) is 0. The lowest BCUT2D eigenvalue weighted by Gasteiger charge is -2.17. The smallest absolute Gasteiger partial charge is 0.258 e. The Balaban J connectivity index is 1.49. The van der Waals surface area contributed by atoms with Crippen LogP contribution >= 0.6 is 15.9 Å². The SMILES string of the molecule is O=C(Nc1ccc(C(=O)N2CCc3ccccc32)cc1)c1ccccc1Br. The number of carbonyl (C=O) groups is 2. The van der Waals surface area contributed by atoms with Crippen LogP contribution in [0, 0.1) is 0 Å². The maximum Gasteiger partial charge on any atom is 0.258 e. The van der Waals surface area contributed by atoms with Gasteiger partial charge in [-0.1, -0.05) is 30.3 Å². The molecule has 0 aliphatic carbocycles. The molecule has 0 spiro atoms. The molecular weight excluding hydrogens is 404 g/mol. The summed E-state index contributed by atoms with van der Waals surface area (Å²) >= 11 is 3.38. The average molecular weight is 421 g/mol. The number of amides is 2. The summed E-state index contributed by atoms with van der Waals surface area (Å²) in [4.78, 5) is 27.0. The number of carbonyl (C=O) groups excluding carboxylic acids is 2. The predicted molar refractivity (Wildman–Crippen MR) is 110 cm³/mol. The van der Waals surface area contributed by atoms with E-state index in [0.717, 1.165) is 16.6 Å². The van der Waals surface area contributed by atoms with E-state index in [2.05, 4.69) is 27.3 Å². The first kappa shape index (κ1) is 17.5. The average Bonchev–Trinajstić information content (AvgIpc) is 3.12. The number of para-hydroxylation sites is 1. The molecule has 0 fully saturated rings. The molecule has 4 rings (SSSR count). The summed E-state index contributed by atoms with van der Waals surface area (Å²) in [5.41, 5.74) is 3.99. The Hall–Kier alpha value is -2.92. The summed E-state index contributed by atoms with van der Waals surface area (Å²) < 4.78 is 0.738. The van der Waals surface area contributed by atoms with Gasteiger partial charge in [-0.2, -0.15) is 0 Å². The fourth-order valence-corrected chi connectivity index (χ4v) is 3.71. The standard InChI is InChI=1S/C22H17BrN2O2/c23-19-7-3-2-6-18(19)21(26)24-17-11-9-16(10-12-17)22(27)25-14-13-15-5-1-4-8-20(15)25/h1-12H,13-14H2,(H,24,26). The van der Waals surface area contributed by atoms with E-state index in [0.29, 0.717) is 23.4 Å². The molecule has 0 saturated heterocycles. The number of anilines is 2. The van der Waals surface area contributed by atoms with E-state index in [1.54, 1.807) is 30.3 Å². The molecule has 1 aliphatic heterocycles. The van der Waals surface area contributed by atoms with Crippen LogP contribution in [0.2, 0.25) is 0 Å². The molecule has 0 aromatic heterocycles. The number of hydrogen-bond donors (Lipinski definition) is 1. The van der Waals surface area contributed by atoms with Crippen molar-refractivity contribution < 1.29 is 9.59 Å². The predicted octanol–water partition coefficient (Wildman–Crippen LogP) is 4.90. The van der Waals surface area contributed by atoms with Gasteiger partial charge in [0.15, 0.2) is 0 Å². The highest BCUT2D eigenvalue weighted by Crippen LogP contribution is 2.29. The van der Waals surface area contributed by atoms with Gasteiger partial charge in [0, 0.05) is 28.0 Å². The minimum atomic E-state index is -0.199. The van der Waals surface area contributed by atoms with Crippen LogP contribution in [0.4, 0.5) is 11.4 Å². The molecular formula is C22H17BrN2O2. The molecule has 0 saturated carbocycles. The van der Waals surface area contributed by atoms with Gasteiger partial charge in [-0.3, -0.25) is 9.59 Å². The fourth-order valence-electron chi connectivity index (χ4n) is 3.24. The molecule has 1 N–H and O–H groups in total. The van der Waals surface area contributed by atoms with E-state index in [4.69, 9.17) is 0 Å². The number of nitrogens with zero attached hydrogens (tertiary/aromatic N) is 1. The number of nitrogens with one attached hydrogen (secondary N) is 1. The van der Waals surface area contributed by atoms with Crippen molar-refractivity contribution in [3.8, 4) is 0 Å². The zero-order valence-electron chi connectivity index (χ0n) is 14.5. The summed E-state index contributed by atoms with van der Waals surface area (Å²) in [6.07, 6.45) is 0.877. The Morgan fingerprint density at radius 2 is 1.59 bits per heavy atom. The van der Waals surface area contributed by atoms with E-state index in [1.165, 1.54) is 5.56 Å². The lowest BCUT2D eigenvalue weighted by atomic mass is 10.1. The highest BCUT2D eigenvalue weighted by molar-refractivity contribution is 9.10. The molecule has 5 heteroatoms. The number of hydrogen-bond acceptors (Lipinski definition) is 2. The fraction of sp³-hybridized carbons (Fsp3) is 0.0909. The zero-order chi connectivity index (χ0) is 18.8. The van der Waals surface area contributed by atoms with Gasteiger partial charge < -0.3 is 10.2 Å². The third kappa shape index (κ3) is 3.51. The molecule has 0 atom stereocenters. The van der Waals surface area contributed by atoms with Crippen molar-refractivity contribution in [1.29, 1.82) is 0 Å². The molecule has 134 valence electrons. The Labute approximate surface area is 165 Å². The van der Waals surface area contributed by atoms with Gasteiger partial charge >= 0.3 is 0 Å². The number of benzene rings is 3. The van der Waals surface area contributed by atoms with Crippen LogP contribution in [-0.4, -0.2) is 18.4 Å². The Morgan fingerprint density at radius 1 is 0.889 bits per heavy atom. The van der Waals surface area contributed by atoms with Gasteiger partial charge in [-0.05, 0) is 70.4 Å². The monoisotopic (exact) mass is 420 g/mol. The second-order valence-corrected chi connectivity index (χ2v) is 7.20. The van der Waals surface area contributed by atoms with Crippen molar-refractivity contribution in [2.24, 2.45) is 0 Å². The number of halogens is 1. The van der Waals surface area contributed by atoms with Crippen LogP contribution in [0.25, 0.3) is 0 Å². The third-order valence-electron chi connectivity index (χ3n) is 4.64. The van der Waals surface area contributed by atoms with Crippen molar-refractivity contribution in [3.63, 3.8) is 0 Å². The molecule has 0 unspecified atom stereocenters. The first-order valence-electron chi connectivity index (χ1n) is 8.69. The molecule has 4 nitrogen and oxygen atoms in total. The highest BCUT2D eigenvalue weighted by Gasteiger charge is 2.25. The topological polar surface area (TPSA) is 49.4 Å². The maximum absolute atomic E-state index is 12.8. The molecule has 3 aromatic rings. The largest absolute Gasteiger partial charge is 0.322 e. The van der Waals surface area contributed by atoms with Gasteiger partial charge in [0.2, 0.25) is 0 Å². The molecule has 0 bridgehead atoms. The van der Waals surface area contributed by atoms with E-state index in [1.807, 2.05) is 41.3 Å². The van der Waals surface area contributed by atoms with Crippen LogP contribution in [0.3, 0.4) is 0 Å². The van der Waals surface area contributed by atoms with Crippen molar-refractivity contribution in [2.75, 3.05) is 16.8 Å². The minimum Gasteiger partial charge on any atom is -0.322 e. The Bertz CT molecular complexity index is 1010. The van der Waals surface area contributed by atoms with Gasteiger partial charge in [-0.15, -0.1) is 0 Å². The van der Waals surface area contributed by atoms with Gasteiger partial charge in [-0.25, -0.2) is 0 Å². The molecule has 27 heavy (non-hydrogen) atoms. The minimum absolute atomic E-state index is 0.0244. The maximum atomic E-state index is 12.8. The lowest BCUT2D eigenvalue weighted by Crippen LogP contribution is -2.28. The van der Waals surface area contributed by atoms with Crippen LogP contribution in [-0.2, 0) is 6.42 Å². The van der Waals surface area contributed by atoms with Crippen molar-refractivity contribution in [3.05, 3.63) is 94.0 Å². The summed E-state index contributed by atoms with van der Waals surface area (Å²) in [5.74, 6) is -0.223.